The van der Waals surface area contributed by atoms with Crippen LogP contribution in [0.1, 0.15) is 19.7 Å². The Labute approximate surface area is 104 Å². The van der Waals surface area contributed by atoms with Crippen molar-refractivity contribution in [3.63, 3.8) is 0 Å². The molecule has 1 unspecified atom stereocenters. The van der Waals surface area contributed by atoms with E-state index in [0.29, 0.717) is 23.7 Å². The molecule has 0 aliphatic heterocycles. The third-order valence-electron chi connectivity index (χ3n) is 2.70. The molecule has 0 aromatic carbocycles. The lowest BCUT2D eigenvalue weighted by molar-refractivity contribution is 0.335. The van der Waals surface area contributed by atoms with E-state index in [1.54, 1.807) is 5.51 Å². The topological polar surface area (TPSA) is 63.8 Å². The summed E-state index contributed by atoms with van der Waals surface area (Å²) < 4.78 is 5.23. The van der Waals surface area contributed by atoms with Gasteiger partial charge < -0.3 is 9.84 Å². The molecular weight excluding hydrogens is 236 g/mol. The maximum atomic E-state index is 5.23. The van der Waals surface area contributed by atoms with Crippen LogP contribution < -0.4 is 5.32 Å². The van der Waals surface area contributed by atoms with Gasteiger partial charge in [0.05, 0.1) is 5.51 Å². The van der Waals surface area contributed by atoms with Gasteiger partial charge in [-0.25, -0.2) is 4.98 Å². The molecule has 17 heavy (non-hydrogen) atoms. The van der Waals surface area contributed by atoms with Crippen molar-refractivity contribution in [2.75, 3.05) is 7.05 Å². The maximum absolute atomic E-state index is 5.23. The number of hydrogen-bond donors (Lipinski definition) is 1. The van der Waals surface area contributed by atoms with Crippen molar-refractivity contribution in [1.29, 1.82) is 0 Å². The first-order valence-electron chi connectivity index (χ1n) is 5.59. The SMILES string of the molecule is CNC(Cc1nc(-c2cscn2)no1)C(C)C. The summed E-state index contributed by atoms with van der Waals surface area (Å²) in [5.41, 5.74) is 2.53. The van der Waals surface area contributed by atoms with Crippen LogP contribution in [-0.4, -0.2) is 28.2 Å². The summed E-state index contributed by atoms with van der Waals surface area (Å²) in [7, 11) is 1.95. The fraction of sp³-hybridized carbons (Fsp3) is 0.545. The average molecular weight is 252 g/mol. The van der Waals surface area contributed by atoms with Crippen molar-refractivity contribution in [3.8, 4) is 11.5 Å². The quantitative estimate of drug-likeness (QED) is 0.881. The summed E-state index contributed by atoms with van der Waals surface area (Å²) in [6.07, 6.45) is 0.741. The molecule has 0 saturated heterocycles. The lowest BCUT2D eigenvalue weighted by Gasteiger charge is -2.17. The Morgan fingerprint density at radius 2 is 2.29 bits per heavy atom. The Bertz CT molecular complexity index is 452. The average Bonchev–Trinajstić information content (AvgIpc) is 2.95. The van der Waals surface area contributed by atoms with Crippen LogP contribution in [0.3, 0.4) is 0 Å². The molecule has 2 aromatic heterocycles. The smallest absolute Gasteiger partial charge is 0.228 e. The first-order chi connectivity index (χ1) is 8.20. The van der Waals surface area contributed by atoms with Gasteiger partial charge in [0, 0.05) is 17.8 Å². The second kappa shape index (κ2) is 5.37. The van der Waals surface area contributed by atoms with E-state index in [1.807, 2.05) is 12.4 Å². The van der Waals surface area contributed by atoms with E-state index in [-0.39, 0.29) is 0 Å². The van der Waals surface area contributed by atoms with Crippen molar-refractivity contribution in [1.82, 2.24) is 20.4 Å². The molecule has 2 rings (SSSR count). The minimum Gasteiger partial charge on any atom is -0.339 e. The molecule has 0 fully saturated rings. The number of nitrogens with zero attached hydrogens (tertiary/aromatic N) is 3. The molecule has 2 heterocycles. The first-order valence-corrected chi connectivity index (χ1v) is 6.53. The van der Waals surface area contributed by atoms with Crippen LogP contribution in [0.5, 0.6) is 0 Å². The van der Waals surface area contributed by atoms with Gasteiger partial charge >= 0.3 is 0 Å². The number of thiazole rings is 1. The predicted molar refractivity (Wildman–Crippen MR) is 66.8 cm³/mol. The van der Waals surface area contributed by atoms with Crippen LogP contribution >= 0.6 is 11.3 Å². The summed E-state index contributed by atoms with van der Waals surface area (Å²) in [5, 5.41) is 9.10. The minimum absolute atomic E-state index is 0.346. The Morgan fingerprint density at radius 1 is 1.47 bits per heavy atom. The number of likely N-dealkylation sites (N-methyl/N-ethyl adjacent to an activating group) is 1. The highest BCUT2D eigenvalue weighted by Crippen LogP contribution is 2.16. The second-order valence-electron chi connectivity index (χ2n) is 4.23. The molecule has 0 spiro atoms. The number of aromatic nitrogens is 3. The Balaban J connectivity index is 2.08. The lowest BCUT2D eigenvalue weighted by Crippen LogP contribution is -2.32. The van der Waals surface area contributed by atoms with Gasteiger partial charge in [-0.2, -0.15) is 4.98 Å². The van der Waals surface area contributed by atoms with E-state index in [0.717, 1.165) is 12.1 Å². The highest BCUT2D eigenvalue weighted by molar-refractivity contribution is 7.07. The number of hydrogen-bond acceptors (Lipinski definition) is 6. The molecular formula is C11H16N4OS. The molecule has 0 amide bonds. The molecule has 1 atom stereocenters. The summed E-state index contributed by atoms with van der Waals surface area (Å²) >= 11 is 1.52. The molecule has 2 aromatic rings. The van der Waals surface area contributed by atoms with Crippen molar-refractivity contribution in [3.05, 3.63) is 16.8 Å². The molecule has 0 aliphatic rings. The van der Waals surface area contributed by atoms with Crippen LogP contribution in [0, 0.1) is 5.92 Å². The van der Waals surface area contributed by atoms with Crippen molar-refractivity contribution in [2.24, 2.45) is 5.92 Å². The third-order valence-corrected chi connectivity index (χ3v) is 3.29. The van der Waals surface area contributed by atoms with E-state index in [1.165, 1.54) is 11.3 Å². The van der Waals surface area contributed by atoms with Crippen molar-refractivity contribution < 1.29 is 4.52 Å². The number of rotatable bonds is 5. The molecule has 6 heteroatoms. The summed E-state index contributed by atoms with van der Waals surface area (Å²) in [6.45, 7) is 4.33. The molecule has 1 N–H and O–H groups in total. The van der Waals surface area contributed by atoms with Gasteiger partial charge in [0.1, 0.15) is 5.69 Å². The fourth-order valence-electron chi connectivity index (χ4n) is 1.62. The lowest BCUT2D eigenvalue weighted by atomic mass is 10.0. The van der Waals surface area contributed by atoms with Gasteiger partial charge in [0.25, 0.3) is 0 Å². The Morgan fingerprint density at radius 3 is 2.88 bits per heavy atom. The molecule has 5 nitrogen and oxygen atoms in total. The van der Waals surface area contributed by atoms with E-state index in [4.69, 9.17) is 4.52 Å². The fourth-order valence-corrected chi connectivity index (χ4v) is 2.15. The Hall–Kier alpha value is -1.27. The van der Waals surface area contributed by atoms with Gasteiger partial charge in [-0.05, 0) is 13.0 Å². The van der Waals surface area contributed by atoms with Crippen LogP contribution in [0.4, 0.5) is 0 Å². The zero-order valence-corrected chi connectivity index (χ0v) is 11.0. The summed E-state index contributed by atoms with van der Waals surface area (Å²) in [5.74, 6) is 1.75. The summed E-state index contributed by atoms with van der Waals surface area (Å²) in [4.78, 5) is 8.50. The highest BCUT2D eigenvalue weighted by Gasteiger charge is 2.17. The predicted octanol–water partition coefficient (Wildman–Crippen LogP) is 1.98. The van der Waals surface area contributed by atoms with Crippen molar-refractivity contribution in [2.45, 2.75) is 26.3 Å². The van der Waals surface area contributed by atoms with Crippen LogP contribution in [0.25, 0.3) is 11.5 Å². The van der Waals surface area contributed by atoms with Gasteiger partial charge in [0.2, 0.25) is 11.7 Å². The normalized spacial score (nSPS) is 13.2. The molecule has 0 saturated carbocycles. The maximum Gasteiger partial charge on any atom is 0.228 e. The van der Waals surface area contributed by atoms with Crippen LogP contribution in [0.2, 0.25) is 0 Å². The second-order valence-corrected chi connectivity index (χ2v) is 4.95. The Kier molecular flexibility index (Phi) is 3.86. The molecule has 0 bridgehead atoms. The van der Waals surface area contributed by atoms with Gasteiger partial charge in [0.15, 0.2) is 0 Å². The largest absolute Gasteiger partial charge is 0.339 e. The van der Waals surface area contributed by atoms with Crippen molar-refractivity contribution >= 4 is 11.3 Å². The zero-order valence-electron chi connectivity index (χ0n) is 10.2. The minimum atomic E-state index is 0.346. The van der Waals surface area contributed by atoms with E-state index in [2.05, 4.69) is 34.3 Å². The highest BCUT2D eigenvalue weighted by atomic mass is 32.1. The van der Waals surface area contributed by atoms with Crippen LogP contribution in [-0.2, 0) is 6.42 Å². The third kappa shape index (κ3) is 2.89. The zero-order chi connectivity index (χ0) is 12.3. The monoisotopic (exact) mass is 252 g/mol. The molecule has 92 valence electrons. The molecule has 0 aliphatic carbocycles. The van der Waals surface area contributed by atoms with E-state index in [9.17, 15) is 0 Å². The van der Waals surface area contributed by atoms with E-state index < -0.39 is 0 Å². The van der Waals surface area contributed by atoms with Gasteiger partial charge in [-0.15, -0.1) is 11.3 Å². The van der Waals surface area contributed by atoms with E-state index >= 15 is 0 Å². The van der Waals surface area contributed by atoms with Crippen LogP contribution in [0.15, 0.2) is 15.4 Å². The molecule has 0 radical (unpaired) electrons. The standard InChI is InChI=1S/C11H16N4OS/c1-7(2)8(12-3)4-10-14-11(15-16-10)9-5-17-6-13-9/h5-8,12H,4H2,1-3H3. The first kappa shape index (κ1) is 12.2. The van der Waals surface area contributed by atoms with Gasteiger partial charge in [-0.1, -0.05) is 19.0 Å². The summed E-state index contributed by atoms with van der Waals surface area (Å²) in [6, 6.07) is 0.346. The van der Waals surface area contributed by atoms with Gasteiger partial charge in [-0.3, -0.25) is 0 Å². The number of nitrogens with one attached hydrogen (secondary N) is 1.